The summed E-state index contributed by atoms with van der Waals surface area (Å²) in [6, 6.07) is 16.7. The smallest absolute Gasteiger partial charge is 0.251 e. The van der Waals surface area contributed by atoms with E-state index in [-0.39, 0.29) is 11.8 Å². The van der Waals surface area contributed by atoms with Gasteiger partial charge in [0, 0.05) is 19.2 Å². The van der Waals surface area contributed by atoms with Crippen molar-refractivity contribution in [1.29, 1.82) is 0 Å². The first kappa shape index (κ1) is 20.0. The first-order valence-electron chi connectivity index (χ1n) is 8.66. The predicted molar refractivity (Wildman–Crippen MR) is 108 cm³/mol. The van der Waals surface area contributed by atoms with Gasteiger partial charge in [-0.25, -0.2) is 0 Å². The molecule has 2 aromatic rings. The van der Waals surface area contributed by atoms with E-state index in [1.54, 1.807) is 29.8 Å². The van der Waals surface area contributed by atoms with E-state index in [9.17, 15) is 9.59 Å². The maximum atomic E-state index is 12.9. The summed E-state index contributed by atoms with van der Waals surface area (Å²) < 4.78 is 0. The summed E-state index contributed by atoms with van der Waals surface area (Å²) in [5, 5.41) is 2.92. The van der Waals surface area contributed by atoms with Gasteiger partial charge < -0.3 is 10.2 Å². The van der Waals surface area contributed by atoms with Crippen LogP contribution in [0.25, 0.3) is 0 Å². The summed E-state index contributed by atoms with van der Waals surface area (Å²) in [5.74, 6) is 0.536. The topological polar surface area (TPSA) is 49.4 Å². The summed E-state index contributed by atoms with van der Waals surface area (Å²) in [6.45, 7) is 2.47. The molecule has 0 bridgehead atoms. The molecule has 2 rings (SSSR count). The SMILES string of the molecule is CSCCC(NC(=O)c1cccc(C)c1)C(=O)N(C)Cc1ccccc1. The van der Waals surface area contributed by atoms with Crippen molar-refractivity contribution in [2.45, 2.75) is 25.9 Å². The number of amides is 2. The Morgan fingerprint density at radius 2 is 1.85 bits per heavy atom. The summed E-state index contributed by atoms with van der Waals surface area (Å²) in [7, 11) is 1.78. The number of carbonyl (C=O) groups excluding carboxylic acids is 2. The lowest BCUT2D eigenvalue weighted by Crippen LogP contribution is -2.47. The van der Waals surface area contributed by atoms with Gasteiger partial charge >= 0.3 is 0 Å². The molecule has 0 aromatic heterocycles. The van der Waals surface area contributed by atoms with Crippen LogP contribution in [0.15, 0.2) is 54.6 Å². The molecule has 2 aromatic carbocycles. The number of nitrogens with one attached hydrogen (secondary N) is 1. The lowest BCUT2D eigenvalue weighted by molar-refractivity contribution is -0.132. The fourth-order valence-electron chi connectivity index (χ4n) is 2.72. The maximum Gasteiger partial charge on any atom is 0.251 e. The molecule has 0 saturated heterocycles. The highest BCUT2D eigenvalue weighted by Crippen LogP contribution is 2.10. The fourth-order valence-corrected chi connectivity index (χ4v) is 3.19. The van der Waals surface area contributed by atoms with Gasteiger partial charge in [0.1, 0.15) is 6.04 Å². The number of carbonyl (C=O) groups is 2. The quantitative estimate of drug-likeness (QED) is 0.774. The van der Waals surface area contributed by atoms with Crippen LogP contribution in [0, 0.1) is 6.92 Å². The number of hydrogen-bond acceptors (Lipinski definition) is 3. The normalized spacial score (nSPS) is 11.7. The Morgan fingerprint density at radius 3 is 2.50 bits per heavy atom. The molecular formula is C21H26N2O2S. The molecule has 4 nitrogen and oxygen atoms in total. The van der Waals surface area contributed by atoms with Crippen LogP contribution in [-0.4, -0.2) is 41.8 Å². The minimum absolute atomic E-state index is 0.0658. The number of thioether (sulfide) groups is 1. The third-order valence-electron chi connectivity index (χ3n) is 4.13. The van der Waals surface area contributed by atoms with Crippen LogP contribution in [-0.2, 0) is 11.3 Å². The second-order valence-electron chi connectivity index (χ2n) is 6.36. The lowest BCUT2D eigenvalue weighted by Gasteiger charge is -2.25. The molecule has 0 radical (unpaired) electrons. The van der Waals surface area contributed by atoms with Gasteiger partial charge in [-0.2, -0.15) is 11.8 Å². The van der Waals surface area contributed by atoms with Crippen LogP contribution in [0.5, 0.6) is 0 Å². The van der Waals surface area contributed by atoms with Crippen molar-refractivity contribution in [3.05, 3.63) is 71.3 Å². The zero-order valence-corrected chi connectivity index (χ0v) is 16.4. The van der Waals surface area contributed by atoms with Crippen molar-refractivity contribution >= 4 is 23.6 Å². The Kier molecular flexibility index (Phi) is 7.73. The summed E-state index contributed by atoms with van der Waals surface area (Å²) in [5.41, 5.74) is 2.67. The molecule has 0 aliphatic carbocycles. The van der Waals surface area contributed by atoms with Crippen LogP contribution in [0.2, 0.25) is 0 Å². The van der Waals surface area contributed by atoms with E-state index in [0.29, 0.717) is 18.5 Å². The summed E-state index contributed by atoms with van der Waals surface area (Å²) in [4.78, 5) is 27.1. The van der Waals surface area contributed by atoms with Crippen LogP contribution >= 0.6 is 11.8 Å². The van der Waals surface area contributed by atoms with E-state index in [4.69, 9.17) is 0 Å². The Bertz CT molecular complexity index is 734. The van der Waals surface area contributed by atoms with Crippen LogP contribution < -0.4 is 5.32 Å². The minimum Gasteiger partial charge on any atom is -0.340 e. The van der Waals surface area contributed by atoms with Gasteiger partial charge in [0.05, 0.1) is 0 Å². The first-order chi connectivity index (χ1) is 12.5. The van der Waals surface area contributed by atoms with Crippen molar-refractivity contribution in [1.82, 2.24) is 10.2 Å². The van der Waals surface area contributed by atoms with Gasteiger partial charge in [0.2, 0.25) is 5.91 Å². The number of benzene rings is 2. The van der Waals surface area contributed by atoms with E-state index >= 15 is 0 Å². The number of likely N-dealkylation sites (N-methyl/N-ethyl adjacent to an activating group) is 1. The van der Waals surface area contributed by atoms with Gasteiger partial charge in [0.25, 0.3) is 5.91 Å². The third-order valence-corrected chi connectivity index (χ3v) is 4.78. The highest BCUT2D eigenvalue weighted by molar-refractivity contribution is 7.98. The molecule has 1 atom stereocenters. The molecule has 0 fully saturated rings. The second kappa shape index (κ2) is 10.0. The largest absolute Gasteiger partial charge is 0.340 e. The Morgan fingerprint density at radius 1 is 1.12 bits per heavy atom. The molecule has 1 N–H and O–H groups in total. The Balaban J connectivity index is 2.07. The third kappa shape index (κ3) is 5.92. The van der Waals surface area contributed by atoms with Crippen LogP contribution in [0.3, 0.4) is 0 Å². The molecule has 0 spiro atoms. The van der Waals surface area contributed by atoms with E-state index in [1.165, 1.54) is 0 Å². The molecular weight excluding hydrogens is 344 g/mol. The molecule has 2 amide bonds. The monoisotopic (exact) mass is 370 g/mol. The summed E-state index contributed by atoms with van der Waals surface area (Å²) in [6.07, 6.45) is 2.61. The standard InChI is InChI=1S/C21H26N2O2S/c1-16-8-7-11-18(14-16)20(24)22-19(12-13-26-3)21(25)23(2)15-17-9-5-4-6-10-17/h4-11,14,19H,12-13,15H2,1-3H3,(H,22,24). The number of aryl methyl sites for hydroxylation is 1. The molecule has 1 unspecified atom stereocenters. The van der Waals surface area contributed by atoms with Gasteiger partial charge in [-0.3, -0.25) is 9.59 Å². The lowest BCUT2D eigenvalue weighted by atomic mass is 10.1. The number of hydrogen-bond donors (Lipinski definition) is 1. The van der Waals surface area contributed by atoms with Crippen molar-refractivity contribution in [2.75, 3.05) is 19.1 Å². The predicted octanol–water partition coefficient (Wildman–Crippen LogP) is 3.51. The van der Waals surface area contributed by atoms with Gasteiger partial charge in [-0.1, -0.05) is 48.0 Å². The number of rotatable bonds is 8. The van der Waals surface area contributed by atoms with Crippen molar-refractivity contribution in [3.8, 4) is 0 Å². The van der Waals surface area contributed by atoms with Crippen LogP contribution in [0.4, 0.5) is 0 Å². The minimum atomic E-state index is -0.524. The molecule has 0 saturated carbocycles. The molecule has 0 aliphatic rings. The first-order valence-corrected chi connectivity index (χ1v) is 10.1. The maximum absolute atomic E-state index is 12.9. The van der Waals surface area contributed by atoms with Crippen LogP contribution in [0.1, 0.15) is 27.9 Å². The van der Waals surface area contributed by atoms with Crippen molar-refractivity contribution in [2.24, 2.45) is 0 Å². The molecule has 0 aliphatic heterocycles. The Hall–Kier alpha value is -2.27. The van der Waals surface area contributed by atoms with Crippen molar-refractivity contribution < 1.29 is 9.59 Å². The van der Waals surface area contributed by atoms with E-state index in [0.717, 1.165) is 16.9 Å². The highest BCUT2D eigenvalue weighted by Gasteiger charge is 2.24. The second-order valence-corrected chi connectivity index (χ2v) is 7.34. The van der Waals surface area contributed by atoms with E-state index in [1.807, 2.05) is 61.7 Å². The molecule has 5 heteroatoms. The molecule has 26 heavy (non-hydrogen) atoms. The van der Waals surface area contributed by atoms with E-state index < -0.39 is 6.04 Å². The van der Waals surface area contributed by atoms with Gasteiger partial charge in [-0.15, -0.1) is 0 Å². The van der Waals surface area contributed by atoms with Gasteiger partial charge in [-0.05, 0) is 43.0 Å². The van der Waals surface area contributed by atoms with Gasteiger partial charge in [0.15, 0.2) is 0 Å². The Labute approximate surface area is 160 Å². The highest BCUT2D eigenvalue weighted by atomic mass is 32.2. The average Bonchev–Trinajstić information content (AvgIpc) is 2.65. The zero-order chi connectivity index (χ0) is 18.9. The zero-order valence-electron chi connectivity index (χ0n) is 15.6. The molecule has 0 heterocycles. The average molecular weight is 371 g/mol. The summed E-state index contributed by atoms with van der Waals surface area (Å²) >= 11 is 1.67. The van der Waals surface area contributed by atoms with E-state index in [2.05, 4.69) is 5.32 Å². The fraction of sp³-hybridized carbons (Fsp3) is 0.333. The molecule has 138 valence electrons. The number of nitrogens with zero attached hydrogens (tertiary/aromatic N) is 1. The van der Waals surface area contributed by atoms with Crippen molar-refractivity contribution in [3.63, 3.8) is 0 Å².